The summed E-state index contributed by atoms with van der Waals surface area (Å²) >= 11 is 0. The van der Waals surface area contributed by atoms with Crippen molar-refractivity contribution in [3.8, 4) is 5.75 Å². The van der Waals surface area contributed by atoms with Crippen LogP contribution in [0.15, 0.2) is 53.4 Å². The van der Waals surface area contributed by atoms with Crippen molar-refractivity contribution >= 4 is 21.6 Å². The van der Waals surface area contributed by atoms with Gasteiger partial charge in [0, 0.05) is 26.2 Å². The van der Waals surface area contributed by atoms with E-state index in [2.05, 4.69) is 9.62 Å². The van der Waals surface area contributed by atoms with E-state index in [-0.39, 0.29) is 16.7 Å². The van der Waals surface area contributed by atoms with Crippen LogP contribution in [0.25, 0.3) is 0 Å². The summed E-state index contributed by atoms with van der Waals surface area (Å²) in [7, 11) is -2.14. The van der Waals surface area contributed by atoms with E-state index >= 15 is 0 Å². The van der Waals surface area contributed by atoms with E-state index < -0.39 is 16.1 Å². The Morgan fingerprint density at radius 3 is 2.25 bits per heavy atom. The highest BCUT2D eigenvalue weighted by atomic mass is 32.2. The number of carbonyl (C=O) groups excluding carboxylic acids is 1. The summed E-state index contributed by atoms with van der Waals surface area (Å²) in [5, 5.41) is 0. The van der Waals surface area contributed by atoms with Crippen molar-refractivity contribution in [3.63, 3.8) is 0 Å². The van der Waals surface area contributed by atoms with E-state index in [1.807, 2.05) is 45.0 Å². The van der Waals surface area contributed by atoms with Crippen LogP contribution < -0.4 is 14.4 Å². The Kier molecular flexibility index (Phi) is 7.79. The van der Waals surface area contributed by atoms with Gasteiger partial charge in [0.1, 0.15) is 11.8 Å². The molecule has 0 radical (unpaired) electrons. The van der Waals surface area contributed by atoms with E-state index in [1.54, 1.807) is 36.3 Å². The van der Waals surface area contributed by atoms with Crippen LogP contribution in [-0.4, -0.2) is 58.6 Å². The molecule has 1 saturated heterocycles. The first kappa shape index (κ1) is 24.1. The van der Waals surface area contributed by atoms with Crippen molar-refractivity contribution in [2.75, 3.05) is 38.2 Å². The first-order chi connectivity index (χ1) is 15.2. The van der Waals surface area contributed by atoms with Crippen LogP contribution in [0, 0.1) is 12.8 Å². The third kappa shape index (κ3) is 5.81. The Labute approximate surface area is 191 Å². The van der Waals surface area contributed by atoms with Gasteiger partial charge in [0.05, 0.1) is 17.7 Å². The Hall–Kier alpha value is -2.58. The van der Waals surface area contributed by atoms with Crippen LogP contribution in [0.3, 0.4) is 0 Å². The van der Waals surface area contributed by atoms with Gasteiger partial charge in [-0.1, -0.05) is 43.7 Å². The predicted molar refractivity (Wildman–Crippen MR) is 127 cm³/mol. The average Bonchev–Trinajstić information content (AvgIpc) is 2.78. The molecule has 174 valence electrons. The number of hydrogen-bond donors (Lipinski definition) is 1. The van der Waals surface area contributed by atoms with E-state index in [9.17, 15) is 13.2 Å². The minimum Gasteiger partial charge on any atom is -0.495 e. The summed E-state index contributed by atoms with van der Waals surface area (Å²) < 4.78 is 34.0. The van der Waals surface area contributed by atoms with Crippen LogP contribution >= 0.6 is 0 Å². The molecule has 0 spiro atoms. The molecule has 32 heavy (non-hydrogen) atoms. The lowest BCUT2D eigenvalue weighted by Gasteiger charge is -2.38. The first-order valence-electron chi connectivity index (χ1n) is 11.0. The average molecular weight is 460 g/mol. The van der Waals surface area contributed by atoms with Gasteiger partial charge in [-0.3, -0.25) is 4.79 Å². The Morgan fingerprint density at radius 2 is 1.66 bits per heavy atom. The fourth-order valence-corrected chi connectivity index (χ4v) is 5.12. The number of carbonyl (C=O) groups is 1. The van der Waals surface area contributed by atoms with Crippen LogP contribution in [0.1, 0.15) is 25.8 Å². The number of sulfonamides is 1. The molecule has 0 bridgehead atoms. The fraction of sp³-hybridized carbons (Fsp3) is 0.458. The number of hydrogen-bond acceptors (Lipinski definition) is 5. The molecular weight excluding hydrogens is 426 g/mol. The molecule has 2 aromatic carbocycles. The first-order valence-corrected chi connectivity index (χ1v) is 12.5. The number of rotatable bonds is 8. The fourth-order valence-electron chi connectivity index (χ4n) is 3.92. The molecule has 0 saturated carbocycles. The second kappa shape index (κ2) is 10.4. The molecule has 1 N–H and O–H groups in total. The zero-order valence-corrected chi connectivity index (χ0v) is 20.1. The van der Waals surface area contributed by atoms with Crippen LogP contribution in [0.5, 0.6) is 5.75 Å². The highest BCUT2D eigenvalue weighted by Crippen LogP contribution is 2.28. The molecule has 1 fully saturated rings. The number of nitrogens with zero attached hydrogens (tertiary/aromatic N) is 2. The summed E-state index contributed by atoms with van der Waals surface area (Å²) in [5.74, 6) is 0.796. The van der Waals surface area contributed by atoms with E-state index in [0.29, 0.717) is 32.6 Å². The Bertz CT molecular complexity index is 1010. The van der Waals surface area contributed by atoms with Crippen molar-refractivity contribution in [2.24, 2.45) is 5.92 Å². The standard InChI is InChI=1S/C24H33N3O4S/c1-18(2)17-21(25-32(29,30)20-11-9-19(3)10-12-20)24(28)27-15-13-26(14-16-27)22-7-5-6-8-23(22)31-4/h5-12,18,21,25H,13-17H2,1-4H3. The molecule has 8 heteroatoms. The molecule has 0 aliphatic carbocycles. The minimum atomic E-state index is -3.79. The third-order valence-corrected chi connectivity index (χ3v) is 7.14. The van der Waals surface area contributed by atoms with Gasteiger partial charge in [-0.25, -0.2) is 8.42 Å². The van der Waals surface area contributed by atoms with Crippen LogP contribution in [-0.2, 0) is 14.8 Å². The monoisotopic (exact) mass is 459 g/mol. The van der Waals surface area contributed by atoms with Gasteiger partial charge in [0.2, 0.25) is 15.9 Å². The van der Waals surface area contributed by atoms with E-state index in [1.165, 1.54) is 0 Å². The van der Waals surface area contributed by atoms with Gasteiger partial charge in [-0.05, 0) is 43.5 Å². The topological polar surface area (TPSA) is 79.0 Å². The molecule has 0 aromatic heterocycles. The van der Waals surface area contributed by atoms with E-state index in [4.69, 9.17) is 4.74 Å². The molecule has 3 rings (SSSR count). The van der Waals surface area contributed by atoms with E-state index in [0.717, 1.165) is 17.0 Å². The predicted octanol–water partition coefficient (Wildman–Crippen LogP) is 3.05. The molecule has 1 heterocycles. The van der Waals surface area contributed by atoms with Crippen molar-refractivity contribution in [3.05, 3.63) is 54.1 Å². The van der Waals surface area contributed by atoms with Crippen molar-refractivity contribution < 1.29 is 17.9 Å². The number of amides is 1. The molecule has 7 nitrogen and oxygen atoms in total. The van der Waals surface area contributed by atoms with Gasteiger partial charge >= 0.3 is 0 Å². The molecule has 1 atom stereocenters. The number of piperazine rings is 1. The number of ether oxygens (including phenoxy) is 1. The minimum absolute atomic E-state index is 0.166. The highest BCUT2D eigenvalue weighted by molar-refractivity contribution is 7.89. The molecule has 1 aliphatic heterocycles. The summed E-state index contributed by atoms with van der Waals surface area (Å²) in [5.41, 5.74) is 1.98. The smallest absolute Gasteiger partial charge is 0.241 e. The Morgan fingerprint density at radius 1 is 1.03 bits per heavy atom. The maximum Gasteiger partial charge on any atom is 0.241 e. The summed E-state index contributed by atoms with van der Waals surface area (Å²) in [6.45, 7) is 8.24. The lowest BCUT2D eigenvalue weighted by atomic mass is 10.0. The maximum atomic E-state index is 13.3. The quantitative estimate of drug-likeness (QED) is 0.656. The van der Waals surface area contributed by atoms with Crippen LogP contribution in [0.2, 0.25) is 0 Å². The second-order valence-electron chi connectivity index (χ2n) is 8.60. The number of methoxy groups -OCH3 is 1. The SMILES string of the molecule is COc1ccccc1N1CCN(C(=O)C(CC(C)C)NS(=O)(=O)c2ccc(C)cc2)CC1. The van der Waals surface area contributed by atoms with Gasteiger partial charge < -0.3 is 14.5 Å². The zero-order chi connectivity index (χ0) is 23.3. The second-order valence-corrected chi connectivity index (χ2v) is 10.3. The number of nitrogens with one attached hydrogen (secondary N) is 1. The number of benzene rings is 2. The Balaban J connectivity index is 1.70. The molecular formula is C24H33N3O4S. The summed E-state index contributed by atoms with van der Waals surface area (Å²) in [4.78, 5) is 17.4. The zero-order valence-electron chi connectivity index (χ0n) is 19.2. The number of para-hydroxylation sites is 2. The summed E-state index contributed by atoms with van der Waals surface area (Å²) in [6.07, 6.45) is 0.441. The van der Waals surface area contributed by atoms with Gasteiger partial charge in [-0.15, -0.1) is 0 Å². The molecule has 2 aromatic rings. The molecule has 1 aliphatic rings. The normalized spacial score (nSPS) is 15.7. The van der Waals surface area contributed by atoms with Gasteiger partial charge in [-0.2, -0.15) is 4.72 Å². The van der Waals surface area contributed by atoms with Crippen molar-refractivity contribution in [1.29, 1.82) is 0 Å². The highest BCUT2D eigenvalue weighted by Gasteiger charge is 2.32. The molecule has 1 amide bonds. The molecule has 1 unspecified atom stereocenters. The lowest BCUT2D eigenvalue weighted by Crippen LogP contribution is -2.55. The van der Waals surface area contributed by atoms with Crippen molar-refractivity contribution in [2.45, 2.75) is 38.1 Å². The van der Waals surface area contributed by atoms with Gasteiger partial charge in [0.25, 0.3) is 0 Å². The number of aryl methyl sites for hydroxylation is 1. The lowest BCUT2D eigenvalue weighted by molar-refractivity contribution is -0.133. The van der Waals surface area contributed by atoms with Crippen molar-refractivity contribution in [1.82, 2.24) is 9.62 Å². The summed E-state index contributed by atoms with van der Waals surface area (Å²) in [6, 6.07) is 13.7. The third-order valence-electron chi connectivity index (χ3n) is 5.65. The van der Waals surface area contributed by atoms with Gasteiger partial charge in [0.15, 0.2) is 0 Å². The maximum absolute atomic E-state index is 13.3. The number of anilines is 1. The largest absolute Gasteiger partial charge is 0.495 e. The van der Waals surface area contributed by atoms with Crippen LogP contribution in [0.4, 0.5) is 5.69 Å².